The number of aromatic nitrogens is 1. The van der Waals surface area contributed by atoms with Gasteiger partial charge in [0.1, 0.15) is 5.01 Å². The molecule has 55 heavy (non-hydrogen) atoms. The second-order valence-electron chi connectivity index (χ2n) is 13.9. The minimum atomic E-state index is 1.05. The first kappa shape index (κ1) is 31.9. The summed E-state index contributed by atoms with van der Waals surface area (Å²) >= 11 is 3.65. The Balaban J connectivity index is 1.09. The molecule has 2 nitrogen and oxygen atoms in total. The van der Waals surface area contributed by atoms with E-state index in [1.807, 2.05) is 11.3 Å². The van der Waals surface area contributed by atoms with Crippen molar-refractivity contribution >= 4 is 91.7 Å². The minimum absolute atomic E-state index is 1.05. The van der Waals surface area contributed by atoms with E-state index < -0.39 is 0 Å². The molecule has 2 heterocycles. The molecule has 9 aromatic carbocycles. The van der Waals surface area contributed by atoms with Crippen LogP contribution in [-0.4, -0.2) is 4.98 Å². The van der Waals surface area contributed by atoms with Crippen LogP contribution in [0.15, 0.2) is 194 Å². The summed E-state index contributed by atoms with van der Waals surface area (Å²) in [6, 6.07) is 70.4. The maximum absolute atomic E-state index is 5.06. The van der Waals surface area contributed by atoms with Crippen molar-refractivity contribution in [2.24, 2.45) is 0 Å². The van der Waals surface area contributed by atoms with Gasteiger partial charge in [-0.15, -0.1) is 22.7 Å². The van der Waals surface area contributed by atoms with E-state index in [1.165, 1.54) is 68.7 Å². The van der Waals surface area contributed by atoms with Crippen LogP contribution in [0.5, 0.6) is 0 Å². The maximum Gasteiger partial charge on any atom is 0.124 e. The van der Waals surface area contributed by atoms with Gasteiger partial charge in [0.25, 0.3) is 0 Å². The Morgan fingerprint density at radius 1 is 0.400 bits per heavy atom. The summed E-state index contributed by atoms with van der Waals surface area (Å²) in [5.74, 6) is 0. The van der Waals surface area contributed by atoms with Gasteiger partial charge in [-0.1, -0.05) is 146 Å². The highest BCUT2D eigenvalue weighted by molar-refractivity contribution is 7.28. The summed E-state index contributed by atoms with van der Waals surface area (Å²) in [5.41, 5.74) is 10.5. The van der Waals surface area contributed by atoms with Gasteiger partial charge in [0.05, 0.1) is 15.9 Å². The SMILES string of the molecule is c1ccc(-c2ccc(N(c3ccc4c(c3)sc3ccc5nc(-c6ccccc6)sc5c34)c3ccc(-c4ccc5ccccc5c4)c4ccccc34)cc2)cc1. The number of hydrogen-bond acceptors (Lipinski definition) is 4. The van der Waals surface area contributed by atoms with Crippen LogP contribution in [0.1, 0.15) is 0 Å². The van der Waals surface area contributed by atoms with Gasteiger partial charge in [-0.05, 0) is 86.9 Å². The van der Waals surface area contributed by atoms with Gasteiger partial charge in [-0.2, -0.15) is 0 Å². The molecule has 0 aliphatic carbocycles. The summed E-state index contributed by atoms with van der Waals surface area (Å²) < 4.78 is 3.79. The molecule has 0 saturated carbocycles. The van der Waals surface area contributed by atoms with Crippen LogP contribution in [0.4, 0.5) is 17.1 Å². The quantitative estimate of drug-likeness (QED) is 0.169. The van der Waals surface area contributed by atoms with Crippen LogP contribution in [0.2, 0.25) is 0 Å². The molecule has 0 saturated heterocycles. The van der Waals surface area contributed by atoms with Crippen molar-refractivity contribution in [2.45, 2.75) is 0 Å². The minimum Gasteiger partial charge on any atom is -0.310 e. The highest BCUT2D eigenvalue weighted by atomic mass is 32.1. The number of benzene rings is 9. The molecule has 0 aliphatic rings. The molecule has 0 radical (unpaired) electrons. The third kappa shape index (κ3) is 5.49. The lowest BCUT2D eigenvalue weighted by Crippen LogP contribution is -2.10. The summed E-state index contributed by atoms with van der Waals surface area (Å²) in [5, 5.41) is 8.56. The second kappa shape index (κ2) is 13.1. The van der Waals surface area contributed by atoms with Crippen LogP contribution < -0.4 is 4.90 Å². The zero-order chi connectivity index (χ0) is 36.3. The second-order valence-corrected chi connectivity index (χ2v) is 16.0. The summed E-state index contributed by atoms with van der Waals surface area (Å²) in [4.78, 5) is 7.49. The van der Waals surface area contributed by atoms with Crippen molar-refractivity contribution in [3.63, 3.8) is 0 Å². The molecule has 258 valence electrons. The number of rotatable bonds is 6. The Hall–Kier alpha value is -6.59. The lowest BCUT2D eigenvalue weighted by Gasteiger charge is -2.28. The average Bonchev–Trinajstić information content (AvgIpc) is 3.86. The number of thiophene rings is 1. The zero-order valence-electron chi connectivity index (χ0n) is 29.7. The van der Waals surface area contributed by atoms with E-state index in [1.54, 1.807) is 11.3 Å². The fourth-order valence-electron chi connectivity index (χ4n) is 8.03. The number of thiazole rings is 1. The third-order valence-corrected chi connectivity index (χ3v) is 12.9. The molecule has 11 aromatic rings. The highest BCUT2D eigenvalue weighted by Crippen LogP contribution is 2.47. The van der Waals surface area contributed by atoms with Crippen molar-refractivity contribution in [3.05, 3.63) is 194 Å². The molecule has 0 amide bonds. The van der Waals surface area contributed by atoms with E-state index >= 15 is 0 Å². The summed E-state index contributed by atoms with van der Waals surface area (Å²) in [7, 11) is 0. The number of hydrogen-bond donors (Lipinski definition) is 0. The molecule has 2 aromatic heterocycles. The van der Waals surface area contributed by atoms with Gasteiger partial charge < -0.3 is 4.90 Å². The molecule has 0 fully saturated rings. The van der Waals surface area contributed by atoms with E-state index in [0.29, 0.717) is 0 Å². The lowest BCUT2D eigenvalue weighted by molar-refractivity contribution is 1.30. The molecule has 4 heteroatoms. The molecule has 0 aliphatic heterocycles. The largest absolute Gasteiger partial charge is 0.310 e. The van der Waals surface area contributed by atoms with Gasteiger partial charge in [-0.25, -0.2) is 4.98 Å². The molecule has 0 spiro atoms. The third-order valence-electron chi connectivity index (χ3n) is 10.7. The Morgan fingerprint density at radius 3 is 1.89 bits per heavy atom. The van der Waals surface area contributed by atoms with E-state index in [0.717, 1.165) is 33.1 Å². The van der Waals surface area contributed by atoms with E-state index in [9.17, 15) is 0 Å². The van der Waals surface area contributed by atoms with E-state index in [4.69, 9.17) is 4.98 Å². The molecule has 0 atom stereocenters. The Kier molecular flexibility index (Phi) is 7.58. The highest BCUT2D eigenvalue weighted by Gasteiger charge is 2.20. The van der Waals surface area contributed by atoms with Gasteiger partial charge >= 0.3 is 0 Å². The molecule has 11 rings (SSSR count). The fourth-order valence-corrected chi connectivity index (χ4v) is 10.4. The topological polar surface area (TPSA) is 16.1 Å². The molecule has 0 N–H and O–H groups in total. The Labute approximate surface area is 326 Å². The van der Waals surface area contributed by atoms with E-state index in [2.05, 4.69) is 199 Å². The first-order chi connectivity index (χ1) is 27.2. The first-order valence-corrected chi connectivity index (χ1v) is 20.2. The van der Waals surface area contributed by atoms with Crippen LogP contribution in [-0.2, 0) is 0 Å². The van der Waals surface area contributed by atoms with Crippen LogP contribution in [0, 0.1) is 0 Å². The Morgan fingerprint density at radius 2 is 1.07 bits per heavy atom. The molecular formula is C51H32N2S2. The maximum atomic E-state index is 5.06. The normalized spacial score (nSPS) is 11.6. The van der Waals surface area contributed by atoms with Crippen LogP contribution in [0.25, 0.3) is 84.8 Å². The van der Waals surface area contributed by atoms with Crippen molar-refractivity contribution in [1.29, 1.82) is 0 Å². The molecule has 0 unspecified atom stereocenters. The predicted octanol–water partition coefficient (Wildman–Crippen LogP) is 15.4. The number of nitrogens with zero attached hydrogens (tertiary/aromatic N) is 2. The van der Waals surface area contributed by atoms with Crippen LogP contribution in [0.3, 0.4) is 0 Å². The van der Waals surface area contributed by atoms with Crippen molar-refractivity contribution in [3.8, 4) is 32.8 Å². The standard InChI is InChI=1S/C51H32N2S2/c1-3-11-33(12-4-1)35-21-23-39(24-22-35)53(46-29-27-41(42-17-9-10-18-43(42)46)38-20-19-34-13-7-8-16-37(34)31-38)40-25-26-44-48(32-40)54-47-30-28-45-50(49(44)47)55-51(52-45)36-14-5-2-6-15-36/h1-32H. The van der Waals surface area contributed by atoms with Gasteiger partial charge in [0, 0.05) is 42.5 Å². The monoisotopic (exact) mass is 736 g/mol. The van der Waals surface area contributed by atoms with E-state index in [-0.39, 0.29) is 0 Å². The van der Waals surface area contributed by atoms with Crippen molar-refractivity contribution in [1.82, 2.24) is 4.98 Å². The van der Waals surface area contributed by atoms with Gasteiger partial charge in [0.15, 0.2) is 0 Å². The zero-order valence-corrected chi connectivity index (χ0v) is 31.3. The van der Waals surface area contributed by atoms with Gasteiger partial charge in [0.2, 0.25) is 0 Å². The first-order valence-electron chi connectivity index (χ1n) is 18.5. The average molecular weight is 737 g/mol. The van der Waals surface area contributed by atoms with Crippen LogP contribution >= 0.6 is 22.7 Å². The predicted molar refractivity (Wildman–Crippen MR) is 239 cm³/mol. The molecular weight excluding hydrogens is 705 g/mol. The lowest BCUT2D eigenvalue weighted by atomic mass is 9.94. The van der Waals surface area contributed by atoms with Gasteiger partial charge in [-0.3, -0.25) is 0 Å². The molecule has 0 bridgehead atoms. The number of anilines is 3. The Bertz CT molecular complexity index is 3200. The van der Waals surface area contributed by atoms with Crippen molar-refractivity contribution in [2.75, 3.05) is 4.90 Å². The smallest absolute Gasteiger partial charge is 0.124 e. The fraction of sp³-hybridized carbons (Fsp3) is 0. The summed E-state index contributed by atoms with van der Waals surface area (Å²) in [6.45, 7) is 0. The van der Waals surface area contributed by atoms with Crippen molar-refractivity contribution < 1.29 is 0 Å². The summed E-state index contributed by atoms with van der Waals surface area (Å²) in [6.07, 6.45) is 0. The number of fused-ring (bicyclic) bond motifs is 7.